The highest BCUT2D eigenvalue weighted by Gasteiger charge is 2.18. The first kappa shape index (κ1) is 12.0. The van der Waals surface area contributed by atoms with Crippen LogP contribution >= 0.6 is 11.6 Å². The molecule has 0 atom stereocenters. The molecule has 0 spiro atoms. The van der Waals surface area contributed by atoms with E-state index in [-0.39, 0.29) is 5.91 Å². The highest BCUT2D eigenvalue weighted by Crippen LogP contribution is 2.38. The van der Waals surface area contributed by atoms with Crippen LogP contribution in [-0.4, -0.2) is 38.1 Å². The van der Waals surface area contributed by atoms with Crippen molar-refractivity contribution >= 4 is 17.5 Å². The Hall–Kier alpha value is -1.42. The Morgan fingerprint density at radius 2 is 2.00 bits per heavy atom. The molecule has 0 saturated heterocycles. The number of nitrogens with zero attached hydrogens (tertiary/aromatic N) is 1. The van der Waals surface area contributed by atoms with E-state index in [0.29, 0.717) is 35.3 Å². The average Bonchev–Trinajstić information content (AvgIpc) is 2.53. The fraction of sp³-hybridized carbons (Fsp3) is 0.417. The van der Waals surface area contributed by atoms with Crippen molar-refractivity contribution in [3.63, 3.8) is 0 Å². The predicted molar refractivity (Wildman–Crippen MR) is 65.1 cm³/mol. The Morgan fingerprint density at radius 3 is 2.71 bits per heavy atom. The van der Waals surface area contributed by atoms with Crippen LogP contribution in [0.4, 0.5) is 0 Å². The fourth-order valence-corrected chi connectivity index (χ4v) is 1.88. The van der Waals surface area contributed by atoms with Crippen LogP contribution in [0.15, 0.2) is 12.1 Å². The van der Waals surface area contributed by atoms with Crippen molar-refractivity contribution in [3.05, 3.63) is 22.7 Å². The summed E-state index contributed by atoms with van der Waals surface area (Å²) in [6.07, 6.45) is 0.808. The van der Waals surface area contributed by atoms with Gasteiger partial charge in [0.05, 0.1) is 18.2 Å². The standard InChI is InChI=1S/C12H14ClNO3/c1-14(2)12(15)8-6-9(13)11-10(7-8)16-4-3-5-17-11/h6-7H,3-5H2,1-2H3. The zero-order chi connectivity index (χ0) is 12.4. The number of halogens is 1. The van der Waals surface area contributed by atoms with Gasteiger partial charge in [-0.2, -0.15) is 0 Å². The number of amides is 1. The Balaban J connectivity index is 2.42. The minimum atomic E-state index is -0.109. The molecule has 2 rings (SSSR count). The summed E-state index contributed by atoms with van der Waals surface area (Å²) >= 11 is 6.09. The molecule has 5 heteroatoms. The van der Waals surface area contributed by atoms with Crippen LogP contribution in [0.2, 0.25) is 5.02 Å². The quantitative estimate of drug-likeness (QED) is 0.772. The second-order valence-electron chi connectivity index (χ2n) is 4.04. The van der Waals surface area contributed by atoms with Crippen molar-refractivity contribution in [2.75, 3.05) is 27.3 Å². The number of hydrogen-bond donors (Lipinski definition) is 0. The van der Waals surface area contributed by atoms with Crippen molar-refractivity contribution in [1.82, 2.24) is 4.90 Å². The normalized spacial score (nSPS) is 14.1. The van der Waals surface area contributed by atoms with Crippen LogP contribution < -0.4 is 9.47 Å². The molecule has 0 aromatic heterocycles. The highest BCUT2D eigenvalue weighted by molar-refractivity contribution is 6.32. The first-order valence-electron chi connectivity index (χ1n) is 5.40. The lowest BCUT2D eigenvalue weighted by atomic mass is 10.2. The van der Waals surface area contributed by atoms with Crippen LogP contribution in [0.5, 0.6) is 11.5 Å². The lowest BCUT2D eigenvalue weighted by Crippen LogP contribution is -2.21. The van der Waals surface area contributed by atoms with E-state index < -0.39 is 0 Å². The number of rotatable bonds is 1. The lowest BCUT2D eigenvalue weighted by Gasteiger charge is -2.14. The summed E-state index contributed by atoms with van der Waals surface area (Å²) in [4.78, 5) is 13.3. The van der Waals surface area contributed by atoms with E-state index in [9.17, 15) is 4.79 Å². The maximum atomic E-state index is 11.8. The maximum Gasteiger partial charge on any atom is 0.253 e. The molecule has 0 N–H and O–H groups in total. The van der Waals surface area contributed by atoms with Gasteiger partial charge in [-0.05, 0) is 12.1 Å². The Morgan fingerprint density at radius 1 is 1.29 bits per heavy atom. The SMILES string of the molecule is CN(C)C(=O)c1cc(Cl)c2c(c1)OCCCO2. The van der Waals surface area contributed by atoms with E-state index >= 15 is 0 Å². The third kappa shape index (κ3) is 2.47. The minimum Gasteiger partial charge on any atom is -0.489 e. The largest absolute Gasteiger partial charge is 0.489 e. The Kier molecular flexibility index (Phi) is 3.43. The second kappa shape index (κ2) is 4.84. The molecule has 4 nitrogen and oxygen atoms in total. The van der Waals surface area contributed by atoms with Gasteiger partial charge in [0.25, 0.3) is 5.91 Å². The van der Waals surface area contributed by atoms with Crippen LogP contribution in [0, 0.1) is 0 Å². The first-order chi connectivity index (χ1) is 8.09. The van der Waals surface area contributed by atoms with Gasteiger partial charge in [0.2, 0.25) is 0 Å². The van der Waals surface area contributed by atoms with Gasteiger partial charge in [-0.15, -0.1) is 0 Å². The minimum absolute atomic E-state index is 0.109. The predicted octanol–water partition coefficient (Wildman–Crippen LogP) is 2.20. The van der Waals surface area contributed by atoms with E-state index in [4.69, 9.17) is 21.1 Å². The van der Waals surface area contributed by atoms with Crippen molar-refractivity contribution in [2.45, 2.75) is 6.42 Å². The molecule has 92 valence electrons. The molecule has 0 fully saturated rings. The molecule has 1 aromatic carbocycles. The van der Waals surface area contributed by atoms with Crippen LogP contribution in [0.25, 0.3) is 0 Å². The summed E-state index contributed by atoms with van der Waals surface area (Å²) < 4.78 is 11.0. The van der Waals surface area contributed by atoms with Crippen LogP contribution in [-0.2, 0) is 0 Å². The van der Waals surface area contributed by atoms with E-state index in [1.54, 1.807) is 26.2 Å². The molecule has 1 aliphatic rings. The van der Waals surface area contributed by atoms with Gasteiger partial charge >= 0.3 is 0 Å². The summed E-state index contributed by atoms with van der Waals surface area (Å²) in [6, 6.07) is 3.28. The highest BCUT2D eigenvalue weighted by atomic mass is 35.5. The van der Waals surface area contributed by atoms with Gasteiger partial charge in [0.1, 0.15) is 0 Å². The number of carbonyl (C=O) groups excluding carboxylic acids is 1. The summed E-state index contributed by atoms with van der Waals surface area (Å²) in [5.41, 5.74) is 0.504. The van der Waals surface area contributed by atoms with Crippen LogP contribution in [0.1, 0.15) is 16.8 Å². The number of fused-ring (bicyclic) bond motifs is 1. The van der Waals surface area contributed by atoms with Gasteiger partial charge in [0.15, 0.2) is 11.5 Å². The number of benzene rings is 1. The van der Waals surface area contributed by atoms with E-state index in [0.717, 1.165) is 6.42 Å². The van der Waals surface area contributed by atoms with Gasteiger partial charge in [-0.25, -0.2) is 0 Å². The molecule has 17 heavy (non-hydrogen) atoms. The topological polar surface area (TPSA) is 38.8 Å². The Bertz CT molecular complexity index is 446. The van der Waals surface area contributed by atoms with Crippen molar-refractivity contribution < 1.29 is 14.3 Å². The van der Waals surface area contributed by atoms with Gasteiger partial charge < -0.3 is 14.4 Å². The summed E-state index contributed by atoms with van der Waals surface area (Å²) in [6.45, 7) is 1.15. The Labute approximate surface area is 105 Å². The molecular weight excluding hydrogens is 242 g/mol. The molecular formula is C12H14ClNO3. The fourth-order valence-electron chi connectivity index (χ4n) is 1.61. The summed E-state index contributed by atoms with van der Waals surface area (Å²) in [5, 5.41) is 0.412. The number of ether oxygens (including phenoxy) is 2. The zero-order valence-corrected chi connectivity index (χ0v) is 10.6. The molecule has 1 heterocycles. The number of carbonyl (C=O) groups is 1. The molecule has 1 amide bonds. The molecule has 0 unspecified atom stereocenters. The molecule has 1 aromatic rings. The zero-order valence-electron chi connectivity index (χ0n) is 9.83. The number of hydrogen-bond acceptors (Lipinski definition) is 3. The molecule has 0 bridgehead atoms. The third-order valence-electron chi connectivity index (χ3n) is 2.46. The van der Waals surface area contributed by atoms with E-state index in [1.165, 1.54) is 4.90 Å². The van der Waals surface area contributed by atoms with Gasteiger partial charge in [-0.1, -0.05) is 11.6 Å². The van der Waals surface area contributed by atoms with E-state index in [1.807, 2.05) is 0 Å². The summed E-state index contributed by atoms with van der Waals surface area (Å²) in [7, 11) is 3.39. The van der Waals surface area contributed by atoms with Crippen molar-refractivity contribution in [1.29, 1.82) is 0 Å². The average molecular weight is 256 g/mol. The maximum absolute atomic E-state index is 11.8. The molecule has 1 aliphatic heterocycles. The molecule has 0 radical (unpaired) electrons. The first-order valence-corrected chi connectivity index (χ1v) is 5.78. The molecule has 0 aliphatic carbocycles. The van der Waals surface area contributed by atoms with Gasteiger partial charge in [0, 0.05) is 26.1 Å². The second-order valence-corrected chi connectivity index (χ2v) is 4.44. The lowest BCUT2D eigenvalue weighted by molar-refractivity contribution is 0.0827. The van der Waals surface area contributed by atoms with Gasteiger partial charge in [-0.3, -0.25) is 4.79 Å². The van der Waals surface area contributed by atoms with Crippen LogP contribution in [0.3, 0.4) is 0 Å². The van der Waals surface area contributed by atoms with Crippen molar-refractivity contribution in [3.8, 4) is 11.5 Å². The smallest absolute Gasteiger partial charge is 0.253 e. The van der Waals surface area contributed by atoms with E-state index in [2.05, 4.69) is 0 Å². The third-order valence-corrected chi connectivity index (χ3v) is 2.74. The summed E-state index contributed by atoms with van der Waals surface area (Å²) in [5.74, 6) is 0.960. The monoisotopic (exact) mass is 255 g/mol. The van der Waals surface area contributed by atoms with Crippen molar-refractivity contribution in [2.24, 2.45) is 0 Å². The molecule has 0 saturated carbocycles.